The maximum atomic E-state index is 9.91. The number of rotatable bonds is 7. The predicted molar refractivity (Wildman–Crippen MR) is 66.7 cm³/mol. The predicted octanol–water partition coefficient (Wildman–Crippen LogP) is 1.55. The molecule has 0 radical (unpaired) electrons. The van der Waals surface area contributed by atoms with Gasteiger partial charge in [-0.2, -0.15) is 0 Å². The molecule has 4 heteroatoms. The van der Waals surface area contributed by atoms with Crippen molar-refractivity contribution < 1.29 is 14.3 Å². The monoisotopic (exact) mass is 240 g/mol. The highest BCUT2D eigenvalue weighted by Gasteiger charge is 2.12. The molecule has 2 atom stereocenters. The fourth-order valence-electron chi connectivity index (χ4n) is 1.44. The summed E-state index contributed by atoms with van der Waals surface area (Å²) in [5.41, 5.74) is 0.483. The maximum absolute atomic E-state index is 9.91. The van der Waals surface area contributed by atoms with E-state index in [-0.39, 0.29) is 6.29 Å². The SMILES string of the molecule is CCOC(CC)O[SiH2]C(O)c1ccccc1. The van der Waals surface area contributed by atoms with Crippen LogP contribution in [0.3, 0.4) is 0 Å². The van der Waals surface area contributed by atoms with Crippen molar-refractivity contribution in [2.75, 3.05) is 6.61 Å². The molecule has 0 bridgehead atoms. The molecule has 0 spiro atoms. The second-order valence-corrected chi connectivity index (χ2v) is 4.99. The minimum Gasteiger partial charge on any atom is -0.397 e. The number of hydrogen-bond acceptors (Lipinski definition) is 3. The van der Waals surface area contributed by atoms with E-state index in [2.05, 4.69) is 0 Å². The molecule has 0 aliphatic heterocycles. The van der Waals surface area contributed by atoms with Crippen LogP contribution in [0.15, 0.2) is 30.3 Å². The van der Waals surface area contributed by atoms with Crippen LogP contribution >= 0.6 is 0 Å². The van der Waals surface area contributed by atoms with Crippen molar-refractivity contribution in [3.05, 3.63) is 35.9 Å². The lowest BCUT2D eigenvalue weighted by Gasteiger charge is -2.18. The van der Waals surface area contributed by atoms with E-state index in [0.29, 0.717) is 6.61 Å². The van der Waals surface area contributed by atoms with Gasteiger partial charge in [-0.1, -0.05) is 37.3 Å². The Morgan fingerprint density at radius 2 is 1.94 bits per heavy atom. The molecule has 0 fully saturated rings. The Bertz CT molecular complexity index is 279. The summed E-state index contributed by atoms with van der Waals surface area (Å²) in [7, 11) is -1.01. The topological polar surface area (TPSA) is 38.7 Å². The second kappa shape index (κ2) is 7.57. The standard InChI is InChI=1S/C12H20O3Si/c1-3-11(14-4-2)15-16-12(13)10-8-6-5-7-9-10/h5-9,11-13H,3-4,16H2,1-2H3. The highest BCUT2D eigenvalue weighted by molar-refractivity contribution is 6.29. The number of aliphatic hydroxyl groups excluding tert-OH is 1. The zero-order valence-electron chi connectivity index (χ0n) is 9.93. The number of aliphatic hydroxyl groups is 1. The average molecular weight is 240 g/mol. The quantitative estimate of drug-likeness (QED) is 0.580. The minimum atomic E-state index is -1.01. The van der Waals surface area contributed by atoms with Gasteiger partial charge in [0, 0.05) is 6.61 Å². The molecule has 3 nitrogen and oxygen atoms in total. The average Bonchev–Trinajstić information content (AvgIpc) is 2.35. The van der Waals surface area contributed by atoms with E-state index in [1.807, 2.05) is 44.2 Å². The lowest BCUT2D eigenvalue weighted by atomic mass is 10.2. The maximum Gasteiger partial charge on any atom is 0.199 e. The van der Waals surface area contributed by atoms with E-state index in [4.69, 9.17) is 9.16 Å². The Balaban J connectivity index is 2.37. The fourth-order valence-corrected chi connectivity index (χ4v) is 2.63. The van der Waals surface area contributed by atoms with Crippen molar-refractivity contribution in [2.45, 2.75) is 32.3 Å². The summed E-state index contributed by atoms with van der Waals surface area (Å²) in [4.78, 5) is 0. The Morgan fingerprint density at radius 1 is 1.25 bits per heavy atom. The van der Waals surface area contributed by atoms with Crippen LogP contribution in [-0.2, 0) is 9.16 Å². The van der Waals surface area contributed by atoms with Gasteiger partial charge < -0.3 is 14.3 Å². The van der Waals surface area contributed by atoms with Crippen LogP contribution in [-0.4, -0.2) is 27.8 Å². The first-order valence-electron chi connectivity index (χ1n) is 5.74. The van der Waals surface area contributed by atoms with Crippen LogP contribution in [0.5, 0.6) is 0 Å². The van der Waals surface area contributed by atoms with Gasteiger partial charge in [0.25, 0.3) is 0 Å². The van der Waals surface area contributed by atoms with Gasteiger partial charge in [-0.05, 0) is 18.9 Å². The van der Waals surface area contributed by atoms with Crippen LogP contribution in [0.4, 0.5) is 0 Å². The van der Waals surface area contributed by atoms with Crippen molar-refractivity contribution >= 4 is 9.76 Å². The van der Waals surface area contributed by atoms with Crippen LogP contribution in [0.25, 0.3) is 0 Å². The first kappa shape index (κ1) is 13.4. The van der Waals surface area contributed by atoms with E-state index < -0.39 is 15.5 Å². The first-order valence-corrected chi connectivity index (χ1v) is 7.13. The number of benzene rings is 1. The molecule has 1 aromatic rings. The van der Waals surface area contributed by atoms with Gasteiger partial charge in [0.05, 0.1) is 5.73 Å². The molecule has 0 saturated carbocycles. The smallest absolute Gasteiger partial charge is 0.199 e. The highest BCUT2D eigenvalue weighted by atomic mass is 28.2. The van der Waals surface area contributed by atoms with Crippen molar-refractivity contribution in [3.8, 4) is 0 Å². The van der Waals surface area contributed by atoms with E-state index >= 15 is 0 Å². The van der Waals surface area contributed by atoms with E-state index in [9.17, 15) is 5.11 Å². The molecular formula is C12H20O3Si. The van der Waals surface area contributed by atoms with Crippen molar-refractivity contribution in [1.82, 2.24) is 0 Å². The third-order valence-corrected chi connectivity index (χ3v) is 3.66. The summed E-state index contributed by atoms with van der Waals surface area (Å²) in [6, 6.07) is 9.62. The summed E-state index contributed by atoms with van der Waals surface area (Å²) in [5.74, 6) is 0. The highest BCUT2D eigenvalue weighted by Crippen LogP contribution is 2.12. The second-order valence-electron chi connectivity index (χ2n) is 3.55. The largest absolute Gasteiger partial charge is 0.397 e. The van der Waals surface area contributed by atoms with Gasteiger partial charge in [0.1, 0.15) is 6.29 Å². The molecule has 2 unspecified atom stereocenters. The molecule has 0 amide bonds. The van der Waals surface area contributed by atoms with Crippen molar-refractivity contribution in [1.29, 1.82) is 0 Å². The zero-order chi connectivity index (χ0) is 11.8. The molecule has 1 rings (SSSR count). The van der Waals surface area contributed by atoms with Gasteiger partial charge >= 0.3 is 0 Å². The van der Waals surface area contributed by atoms with Crippen LogP contribution in [0, 0.1) is 0 Å². The molecule has 0 aromatic heterocycles. The summed E-state index contributed by atoms with van der Waals surface area (Å²) in [6.45, 7) is 4.61. The molecular weight excluding hydrogens is 220 g/mol. The lowest BCUT2D eigenvalue weighted by molar-refractivity contribution is -0.0794. The van der Waals surface area contributed by atoms with Gasteiger partial charge in [-0.25, -0.2) is 0 Å². The van der Waals surface area contributed by atoms with E-state index in [0.717, 1.165) is 12.0 Å². The van der Waals surface area contributed by atoms with Gasteiger partial charge in [-0.3, -0.25) is 0 Å². The Labute approximate surface area is 99.3 Å². The zero-order valence-corrected chi connectivity index (χ0v) is 11.3. The lowest BCUT2D eigenvalue weighted by Crippen LogP contribution is -2.22. The van der Waals surface area contributed by atoms with Crippen LogP contribution < -0.4 is 0 Å². The third-order valence-electron chi connectivity index (χ3n) is 2.31. The van der Waals surface area contributed by atoms with E-state index in [1.165, 1.54) is 0 Å². The Kier molecular flexibility index (Phi) is 6.33. The molecule has 1 aromatic carbocycles. The molecule has 0 heterocycles. The normalized spacial score (nSPS) is 15.4. The molecule has 1 N–H and O–H groups in total. The molecule has 90 valence electrons. The molecule has 0 aliphatic carbocycles. The third kappa shape index (κ3) is 4.45. The van der Waals surface area contributed by atoms with Crippen LogP contribution in [0.1, 0.15) is 31.6 Å². The number of hydrogen-bond donors (Lipinski definition) is 1. The summed E-state index contributed by atoms with van der Waals surface area (Å²) in [5, 5.41) is 9.91. The van der Waals surface area contributed by atoms with Crippen molar-refractivity contribution in [2.24, 2.45) is 0 Å². The summed E-state index contributed by atoms with van der Waals surface area (Å²) < 4.78 is 11.0. The molecule has 0 aliphatic rings. The summed E-state index contributed by atoms with van der Waals surface area (Å²) in [6.07, 6.45) is 0.664. The Morgan fingerprint density at radius 3 is 2.50 bits per heavy atom. The fraction of sp³-hybridized carbons (Fsp3) is 0.500. The van der Waals surface area contributed by atoms with Crippen molar-refractivity contribution in [3.63, 3.8) is 0 Å². The Hall–Kier alpha value is -0.683. The van der Waals surface area contributed by atoms with Gasteiger partial charge in [0.2, 0.25) is 0 Å². The van der Waals surface area contributed by atoms with Gasteiger partial charge in [0.15, 0.2) is 9.76 Å². The molecule has 0 saturated heterocycles. The number of ether oxygens (including phenoxy) is 1. The first-order chi connectivity index (χ1) is 7.77. The molecule has 16 heavy (non-hydrogen) atoms. The van der Waals surface area contributed by atoms with Gasteiger partial charge in [-0.15, -0.1) is 0 Å². The minimum absolute atomic E-state index is 0.157. The van der Waals surface area contributed by atoms with Crippen LogP contribution in [0.2, 0.25) is 0 Å². The van der Waals surface area contributed by atoms with E-state index in [1.54, 1.807) is 0 Å². The summed E-state index contributed by atoms with van der Waals surface area (Å²) >= 11 is 0.